The third-order valence-electron chi connectivity index (χ3n) is 2.65. The minimum Gasteiger partial charge on any atom is -0.455 e. The topological polar surface area (TPSA) is 34.2 Å². The summed E-state index contributed by atoms with van der Waals surface area (Å²) in [5, 5.41) is 3.29. The van der Waals surface area contributed by atoms with Crippen LogP contribution >= 0.6 is 0 Å². The highest BCUT2D eigenvalue weighted by Crippen LogP contribution is 2.24. The normalized spacial score (nSPS) is 10.3. The molecule has 3 heteroatoms. The lowest BCUT2D eigenvalue weighted by Crippen LogP contribution is -2.12. The third kappa shape index (κ3) is 3.31. The number of hydrogen-bond donors (Lipinski definition) is 1. The van der Waals surface area contributed by atoms with Gasteiger partial charge >= 0.3 is 0 Å². The Morgan fingerprint density at radius 2 is 2.17 bits per heavy atom. The maximum atomic E-state index is 5.88. The van der Waals surface area contributed by atoms with Crippen molar-refractivity contribution in [3.8, 4) is 11.5 Å². The molecule has 0 unspecified atom stereocenters. The van der Waals surface area contributed by atoms with E-state index in [1.807, 2.05) is 24.3 Å². The summed E-state index contributed by atoms with van der Waals surface area (Å²) in [6.45, 7) is 5.87. The Labute approximate surface area is 108 Å². The molecule has 0 saturated carbocycles. The van der Waals surface area contributed by atoms with Crippen LogP contribution in [0.25, 0.3) is 0 Å². The van der Waals surface area contributed by atoms with Gasteiger partial charge in [0.1, 0.15) is 11.5 Å². The van der Waals surface area contributed by atoms with Gasteiger partial charge in [0, 0.05) is 18.3 Å². The Kier molecular flexibility index (Phi) is 4.31. The number of aromatic nitrogens is 1. The van der Waals surface area contributed by atoms with Crippen LogP contribution in [0.3, 0.4) is 0 Å². The molecule has 0 atom stereocenters. The molecule has 2 aromatic rings. The van der Waals surface area contributed by atoms with Crippen molar-refractivity contribution >= 4 is 0 Å². The van der Waals surface area contributed by atoms with Gasteiger partial charge in [0.05, 0.1) is 6.20 Å². The van der Waals surface area contributed by atoms with Crippen molar-refractivity contribution in [2.24, 2.45) is 0 Å². The van der Waals surface area contributed by atoms with Gasteiger partial charge in [-0.2, -0.15) is 0 Å². The summed E-state index contributed by atoms with van der Waals surface area (Å²) in [4.78, 5) is 4.12. The summed E-state index contributed by atoms with van der Waals surface area (Å²) in [5.41, 5.74) is 2.30. The summed E-state index contributed by atoms with van der Waals surface area (Å²) in [5.74, 6) is 1.66. The standard InChI is InChI=1S/C15H18N2O/c1-3-16-10-13-7-8-17-11-15(13)18-14-6-4-5-12(2)9-14/h4-9,11,16H,3,10H2,1-2H3. The highest BCUT2D eigenvalue weighted by atomic mass is 16.5. The molecule has 0 bridgehead atoms. The van der Waals surface area contributed by atoms with Crippen molar-refractivity contribution < 1.29 is 4.74 Å². The molecule has 0 aliphatic carbocycles. The number of nitrogens with zero attached hydrogens (tertiary/aromatic N) is 1. The van der Waals surface area contributed by atoms with Crippen molar-refractivity contribution in [1.82, 2.24) is 10.3 Å². The van der Waals surface area contributed by atoms with E-state index >= 15 is 0 Å². The van der Waals surface area contributed by atoms with Gasteiger partial charge in [0.15, 0.2) is 0 Å². The first kappa shape index (κ1) is 12.6. The molecule has 1 heterocycles. The Balaban J connectivity index is 2.17. The molecule has 0 radical (unpaired) electrons. The van der Waals surface area contributed by atoms with Gasteiger partial charge in [-0.3, -0.25) is 4.98 Å². The SMILES string of the molecule is CCNCc1ccncc1Oc1cccc(C)c1. The molecule has 0 fully saturated rings. The maximum absolute atomic E-state index is 5.88. The van der Waals surface area contributed by atoms with Gasteiger partial charge in [-0.05, 0) is 37.2 Å². The second-order valence-electron chi connectivity index (χ2n) is 4.18. The molecule has 1 aromatic heterocycles. The lowest BCUT2D eigenvalue weighted by molar-refractivity contribution is 0.470. The quantitative estimate of drug-likeness (QED) is 0.873. The Bertz CT molecular complexity index is 511. The minimum atomic E-state index is 0.792. The number of benzene rings is 1. The molecule has 0 saturated heterocycles. The zero-order valence-corrected chi connectivity index (χ0v) is 10.8. The Morgan fingerprint density at radius 3 is 2.94 bits per heavy atom. The molecule has 2 rings (SSSR count). The van der Waals surface area contributed by atoms with E-state index in [2.05, 4.69) is 30.2 Å². The summed E-state index contributed by atoms with van der Waals surface area (Å²) in [6.07, 6.45) is 3.55. The van der Waals surface area contributed by atoms with Crippen molar-refractivity contribution in [2.45, 2.75) is 20.4 Å². The number of nitrogens with one attached hydrogen (secondary N) is 1. The lowest BCUT2D eigenvalue weighted by atomic mass is 10.2. The number of aryl methyl sites for hydroxylation is 1. The molecule has 0 amide bonds. The van der Waals surface area contributed by atoms with Crippen LogP contribution in [0.2, 0.25) is 0 Å². The van der Waals surface area contributed by atoms with Crippen molar-refractivity contribution in [3.63, 3.8) is 0 Å². The number of hydrogen-bond acceptors (Lipinski definition) is 3. The zero-order valence-electron chi connectivity index (χ0n) is 10.8. The predicted molar refractivity (Wildman–Crippen MR) is 72.9 cm³/mol. The fourth-order valence-electron chi connectivity index (χ4n) is 1.71. The predicted octanol–water partition coefficient (Wildman–Crippen LogP) is 3.29. The van der Waals surface area contributed by atoms with Crippen molar-refractivity contribution in [3.05, 3.63) is 53.9 Å². The van der Waals surface area contributed by atoms with E-state index in [0.717, 1.165) is 30.2 Å². The van der Waals surface area contributed by atoms with Gasteiger partial charge in [-0.15, -0.1) is 0 Å². The maximum Gasteiger partial charge on any atom is 0.150 e. The van der Waals surface area contributed by atoms with Crippen molar-refractivity contribution in [2.75, 3.05) is 6.54 Å². The largest absolute Gasteiger partial charge is 0.455 e. The summed E-state index contributed by atoms with van der Waals surface area (Å²) in [7, 11) is 0. The van der Waals surface area contributed by atoms with Crippen LogP contribution in [0.4, 0.5) is 0 Å². The monoisotopic (exact) mass is 242 g/mol. The summed E-state index contributed by atoms with van der Waals surface area (Å²) >= 11 is 0. The second kappa shape index (κ2) is 6.17. The lowest BCUT2D eigenvalue weighted by Gasteiger charge is -2.11. The van der Waals surface area contributed by atoms with Gasteiger partial charge in [0.2, 0.25) is 0 Å². The van der Waals surface area contributed by atoms with E-state index < -0.39 is 0 Å². The first-order chi connectivity index (χ1) is 8.79. The van der Waals surface area contributed by atoms with Gasteiger partial charge < -0.3 is 10.1 Å². The van der Waals surface area contributed by atoms with Crippen LogP contribution < -0.4 is 10.1 Å². The molecule has 0 spiro atoms. The smallest absolute Gasteiger partial charge is 0.150 e. The van der Waals surface area contributed by atoms with E-state index in [4.69, 9.17) is 4.74 Å². The minimum absolute atomic E-state index is 0.792. The van der Waals surface area contributed by atoms with E-state index in [1.165, 1.54) is 5.56 Å². The van der Waals surface area contributed by atoms with Crippen LogP contribution in [0.1, 0.15) is 18.1 Å². The Morgan fingerprint density at radius 1 is 1.28 bits per heavy atom. The molecule has 1 N–H and O–H groups in total. The van der Waals surface area contributed by atoms with Crippen LogP contribution in [-0.4, -0.2) is 11.5 Å². The fraction of sp³-hybridized carbons (Fsp3) is 0.267. The van der Waals surface area contributed by atoms with Crippen LogP contribution in [0, 0.1) is 6.92 Å². The van der Waals surface area contributed by atoms with Gasteiger partial charge in [-0.1, -0.05) is 19.1 Å². The first-order valence-electron chi connectivity index (χ1n) is 6.17. The fourth-order valence-corrected chi connectivity index (χ4v) is 1.71. The second-order valence-corrected chi connectivity index (χ2v) is 4.18. The first-order valence-corrected chi connectivity index (χ1v) is 6.17. The number of rotatable bonds is 5. The van der Waals surface area contributed by atoms with E-state index in [0.29, 0.717) is 0 Å². The molecular weight excluding hydrogens is 224 g/mol. The van der Waals surface area contributed by atoms with E-state index in [9.17, 15) is 0 Å². The molecule has 3 nitrogen and oxygen atoms in total. The van der Waals surface area contributed by atoms with E-state index in [-0.39, 0.29) is 0 Å². The zero-order chi connectivity index (χ0) is 12.8. The van der Waals surface area contributed by atoms with Crippen LogP contribution in [-0.2, 0) is 6.54 Å². The number of pyridine rings is 1. The molecule has 1 aromatic carbocycles. The summed E-state index contributed by atoms with van der Waals surface area (Å²) < 4.78 is 5.88. The number of ether oxygens (including phenoxy) is 1. The van der Waals surface area contributed by atoms with Gasteiger partial charge in [0.25, 0.3) is 0 Å². The van der Waals surface area contributed by atoms with Crippen molar-refractivity contribution in [1.29, 1.82) is 0 Å². The average Bonchev–Trinajstić information content (AvgIpc) is 2.38. The highest BCUT2D eigenvalue weighted by molar-refractivity contribution is 5.36. The van der Waals surface area contributed by atoms with Crippen LogP contribution in [0.15, 0.2) is 42.7 Å². The highest BCUT2D eigenvalue weighted by Gasteiger charge is 2.04. The molecular formula is C15H18N2O. The molecule has 0 aliphatic rings. The van der Waals surface area contributed by atoms with Crippen LogP contribution in [0.5, 0.6) is 11.5 Å². The van der Waals surface area contributed by atoms with E-state index in [1.54, 1.807) is 12.4 Å². The molecule has 0 aliphatic heterocycles. The van der Waals surface area contributed by atoms with Gasteiger partial charge in [-0.25, -0.2) is 0 Å². The molecule has 18 heavy (non-hydrogen) atoms. The average molecular weight is 242 g/mol. The Hall–Kier alpha value is -1.87. The third-order valence-corrected chi connectivity index (χ3v) is 2.65. The summed E-state index contributed by atoms with van der Waals surface area (Å²) in [6, 6.07) is 10.00. The molecule has 94 valence electrons.